The van der Waals surface area contributed by atoms with E-state index in [1.807, 2.05) is 48.5 Å². The molecule has 0 aromatic heterocycles. The van der Waals surface area contributed by atoms with Gasteiger partial charge in [0, 0.05) is 23.1 Å². The zero-order valence-electron chi connectivity index (χ0n) is 25.5. The largest absolute Gasteiger partial charge is 0.497 e. The van der Waals surface area contributed by atoms with Crippen LogP contribution in [0.4, 0.5) is 0 Å². The lowest BCUT2D eigenvalue weighted by molar-refractivity contribution is 0.0609. The maximum Gasteiger partial charge on any atom is 0.261 e. The highest BCUT2D eigenvalue weighted by Gasteiger charge is 2.34. The number of carbonyl (C=O) groups is 2. The van der Waals surface area contributed by atoms with Crippen molar-refractivity contribution in [3.05, 3.63) is 71.8 Å². The molecule has 1 heterocycles. The van der Waals surface area contributed by atoms with Crippen molar-refractivity contribution in [3.8, 4) is 11.5 Å². The third-order valence-corrected chi connectivity index (χ3v) is 8.63. The number of nitrogens with two attached hydrogens (primary N) is 1. The van der Waals surface area contributed by atoms with Crippen LogP contribution >= 0.6 is 0 Å². The average Bonchev–Trinajstić information content (AvgIpc) is 3.06. The third-order valence-electron chi connectivity index (χ3n) is 8.63. The molecular formula is C36H40N4O4. The Labute approximate surface area is 257 Å². The van der Waals surface area contributed by atoms with Crippen molar-refractivity contribution in [2.24, 2.45) is 5.73 Å². The fraction of sp³-hybridized carbons (Fsp3) is 0.333. The predicted octanol–water partition coefficient (Wildman–Crippen LogP) is 5.61. The summed E-state index contributed by atoms with van der Waals surface area (Å²) >= 11 is 0. The second-order valence-corrected chi connectivity index (χ2v) is 11.4. The molecule has 1 aliphatic rings. The summed E-state index contributed by atoms with van der Waals surface area (Å²) in [5.74, 6) is 0.977. The maximum absolute atomic E-state index is 14.0. The fourth-order valence-corrected chi connectivity index (χ4v) is 6.37. The molecule has 1 aliphatic heterocycles. The van der Waals surface area contributed by atoms with E-state index in [0.29, 0.717) is 36.0 Å². The molecule has 228 valence electrons. The van der Waals surface area contributed by atoms with Gasteiger partial charge in [-0.1, -0.05) is 24.3 Å². The van der Waals surface area contributed by atoms with Crippen LogP contribution in [-0.4, -0.2) is 70.2 Å². The molecule has 0 aliphatic carbocycles. The first-order chi connectivity index (χ1) is 21.5. The van der Waals surface area contributed by atoms with E-state index in [1.54, 1.807) is 14.2 Å². The van der Waals surface area contributed by atoms with Crippen molar-refractivity contribution >= 4 is 54.9 Å². The monoisotopic (exact) mass is 592 g/mol. The summed E-state index contributed by atoms with van der Waals surface area (Å²) in [6.07, 6.45) is 3.85. The molecule has 0 unspecified atom stereocenters. The fourth-order valence-electron chi connectivity index (χ4n) is 6.37. The van der Waals surface area contributed by atoms with Gasteiger partial charge in [-0.15, -0.1) is 0 Å². The number of amides is 2. The topological polar surface area (TPSA) is 106 Å². The van der Waals surface area contributed by atoms with Crippen LogP contribution in [-0.2, 0) is 0 Å². The van der Waals surface area contributed by atoms with Gasteiger partial charge in [0.15, 0.2) is 0 Å². The van der Waals surface area contributed by atoms with Gasteiger partial charge < -0.3 is 25.8 Å². The number of nitrogens with zero attached hydrogens (tertiary/aromatic N) is 1. The first kappa shape index (κ1) is 29.8. The SMILES string of the molecule is COc1ccc2ccc3cc4c5c(cc6ccc(OC)cc6c5c3c2c1)C(=O)N(CCCNCCCCNCCCN)C4=O. The number of imide groups is 1. The summed E-state index contributed by atoms with van der Waals surface area (Å²) in [6, 6.07) is 19.9. The van der Waals surface area contributed by atoms with Crippen LogP contribution in [0.5, 0.6) is 11.5 Å². The molecule has 2 amide bonds. The number of hydrogen-bond donors (Lipinski definition) is 3. The van der Waals surface area contributed by atoms with Crippen molar-refractivity contribution in [2.45, 2.75) is 25.7 Å². The number of ether oxygens (including phenoxy) is 2. The summed E-state index contributed by atoms with van der Waals surface area (Å²) in [5.41, 5.74) is 6.65. The second kappa shape index (κ2) is 13.2. The van der Waals surface area contributed by atoms with Crippen molar-refractivity contribution in [1.29, 1.82) is 0 Å². The van der Waals surface area contributed by atoms with Gasteiger partial charge in [0.2, 0.25) is 0 Å². The third kappa shape index (κ3) is 5.56. The van der Waals surface area contributed by atoms with E-state index in [-0.39, 0.29) is 11.8 Å². The summed E-state index contributed by atoms with van der Waals surface area (Å²) in [7, 11) is 3.30. The molecular weight excluding hydrogens is 552 g/mol. The van der Waals surface area contributed by atoms with Gasteiger partial charge >= 0.3 is 0 Å². The van der Waals surface area contributed by atoms with Gasteiger partial charge in [-0.3, -0.25) is 14.5 Å². The number of benzene rings is 5. The number of hydrogen-bond acceptors (Lipinski definition) is 7. The Balaban J connectivity index is 1.34. The molecule has 4 N–H and O–H groups in total. The molecule has 0 saturated carbocycles. The van der Waals surface area contributed by atoms with Crippen molar-refractivity contribution in [3.63, 3.8) is 0 Å². The van der Waals surface area contributed by atoms with Gasteiger partial charge in [-0.05, 0) is 133 Å². The van der Waals surface area contributed by atoms with Gasteiger partial charge in [-0.25, -0.2) is 0 Å². The first-order valence-corrected chi connectivity index (χ1v) is 15.5. The van der Waals surface area contributed by atoms with Crippen LogP contribution in [0, 0.1) is 0 Å². The highest BCUT2D eigenvalue weighted by molar-refractivity contribution is 6.37. The Kier molecular flexibility index (Phi) is 8.93. The summed E-state index contributed by atoms with van der Waals surface area (Å²) < 4.78 is 11.2. The normalized spacial score (nSPS) is 13.1. The molecule has 0 bridgehead atoms. The van der Waals surface area contributed by atoms with Gasteiger partial charge in [0.05, 0.1) is 14.2 Å². The van der Waals surface area contributed by atoms with E-state index in [1.165, 1.54) is 4.90 Å². The summed E-state index contributed by atoms with van der Waals surface area (Å²) in [5, 5.41) is 14.3. The molecule has 8 nitrogen and oxygen atoms in total. The van der Waals surface area contributed by atoms with Crippen molar-refractivity contribution in [2.75, 3.05) is 53.5 Å². The zero-order valence-corrected chi connectivity index (χ0v) is 25.5. The van der Waals surface area contributed by atoms with E-state index in [4.69, 9.17) is 15.2 Å². The van der Waals surface area contributed by atoms with Crippen LogP contribution in [0.3, 0.4) is 0 Å². The predicted molar refractivity (Wildman–Crippen MR) is 178 cm³/mol. The Morgan fingerprint density at radius 3 is 1.77 bits per heavy atom. The van der Waals surface area contributed by atoms with E-state index in [9.17, 15) is 9.59 Å². The number of carbonyl (C=O) groups excluding carboxylic acids is 2. The van der Waals surface area contributed by atoms with Crippen molar-refractivity contribution < 1.29 is 19.1 Å². The second-order valence-electron chi connectivity index (χ2n) is 11.4. The number of fused-ring (bicyclic) bond motifs is 6. The van der Waals surface area contributed by atoms with Crippen molar-refractivity contribution in [1.82, 2.24) is 15.5 Å². The molecule has 0 spiro atoms. The maximum atomic E-state index is 14.0. The van der Waals surface area contributed by atoms with E-state index < -0.39 is 0 Å². The molecule has 0 fully saturated rings. The lowest BCUT2D eigenvalue weighted by atomic mass is 9.85. The highest BCUT2D eigenvalue weighted by atomic mass is 16.5. The highest BCUT2D eigenvalue weighted by Crippen LogP contribution is 2.43. The van der Waals surface area contributed by atoms with Gasteiger partial charge in [0.25, 0.3) is 11.8 Å². The Hall–Kier alpha value is -4.24. The van der Waals surface area contributed by atoms with E-state index >= 15 is 0 Å². The van der Waals surface area contributed by atoms with Crippen LogP contribution in [0.1, 0.15) is 46.4 Å². The minimum absolute atomic E-state index is 0.245. The standard InChI is InChI=1S/C36H40N4O4/c1-43-26-11-9-23-7-8-25-20-31-33-30(19-24-10-12-27(44-2)22-29(24)34(33)32(25)28(23)21-26)35(41)40(36(31)42)18-6-17-39-15-4-3-14-38-16-5-13-37/h7-12,19-22,38-39H,3-6,13-18,37H2,1-2H3. The summed E-state index contributed by atoms with van der Waals surface area (Å²) in [4.78, 5) is 29.5. The Bertz CT molecular complexity index is 1850. The lowest BCUT2D eigenvalue weighted by Gasteiger charge is -2.29. The minimum Gasteiger partial charge on any atom is -0.497 e. The molecule has 44 heavy (non-hydrogen) atoms. The Morgan fingerprint density at radius 2 is 1.14 bits per heavy atom. The van der Waals surface area contributed by atoms with Crippen LogP contribution in [0.2, 0.25) is 0 Å². The molecule has 5 aromatic rings. The van der Waals surface area contributed by atoms with Crippen LogP contribution in [0.25, 0.3) is 43.1 Å². The molecule has 8 heteroatoms. The number of unbranched alkanes of at least 4 members (excludes halogenated alkanes) is 1. The van der Waals surface area contributed by atoms with Gasteiger partial charge in [-0.2, -0.15) is 0 Å². The minimum atomic E-state index is -0.245. The van der Waals surface area contributed by atoms with Gasteiger partial charge in [0.1, 0.15) is 11.5 Å². The lowest BCUT2D eigenvalue weighted by Crippen LogP contribution is -2.41. The quantitative estimate of drug-likeness (QED) is 0.0874. The van der Waals surface area contributed by atoms with Crippen LogP contribution in [0.15, 0.2) is 60.7 Å². The molecule has 0 radical (unpaired) electrons. The Morgan fingerprint density at radius 1 is 0.614 bits per heavy atom. The van der Waals surface area contributed by atoms with E-state index in [0.717, 1.165) is 94.6 Å². The molecule has 5 aromatic carbocycles. The van der Waals surface area contributed by atoms with Crippen LogP contribution < -0.4 is 25.8 Å². The number of rotatable bonds is 14. The smallest absolute Gasteiger partial charge is 0.261 e. The molecule has 0 atom stereocenters. The summed E-state index contributed by atoms with van der Waals surface area (Å²) in [6.45, 7) is 4.67. The zero-order chi connectivity index (χ0) is 30.6. The average molecular weight is 593 g/mol. The first-order valence-electron chi connectivity index (χ1n) is 15.5. The number of methoxy groups -OCH3 is 2. The molecule has 6 rings (SSSR count). The molecule has 0 saturated heterocycles. The van der Waals surface area contributed by atoms with E-state index in [2.05, 4.69) is 22.8 Å². The number of nitrogens with one attached hydrogen (secondary N) is 2.